The summed E-state index contributed by atoms with van der Waals surface area (Å²) in [5.41, 5.74) is 26.7. The van der Waals surface area contributed by atoms with Gasteiger partial charge in [0.1, 0.15) is 0 Å². The van der Waals surface area contributed by atoms with Crippen molar-refractivity contribution < 1.29 is 0 Å². The Balaban J connectivity index is 1.28. The lowest BCUT2D eigenvalue weighted by atomic mass is 9.33. The highest BCUT2D eigenvalue weighted by Gasteiger charge is 2.51. The second kappa shape index (κ2) is 13.1. The van der Waals surface area contributed by atoms with Crippen LogP contribution >= 0.6 is 0 Å². The molecule has 0 amide bonds. The Hall–Kier alpha value is -5.02. The van der Waals surface area contributed by atoms with Crippen molar-refractivity contribution in [3.8, 4) is 11.1 Å². The Morgan fingerprint density at radius 3 is 1.42 bits per heavy atom. The first-order valence-electron chi connectivity index (χ1n) is 24.7. The average molecular weight is 855 g/mol. The zero-order chi connectivity index (χ0) is 46.3. The number of benzene rings is 6. The topological polar surface area (TPSA) is 6.48 Å². The molecule has 0 saturated carbocycles. The van der Waals surface area contributed by atoms with E-state index in [2.05, 4.69) is 224 Å². The first-order valence-corrected chi connectivity index (χ1v) is 24.7. The van der Waals surface area contributed by atoms with Gasteiger partial charge in [-0.25, -0.2) is 0 Å². The van der Waals surface area contributed by atoms with Crippen molar-refractivity contribution in [2.24, 2.45) is 0 Å². The lowest BCUT2D eigenvalue weighted by Gasteiger charge is -2.46. The molecule has 2 aliphatic heterocycles. The van der Waals surface area contributed by atoms with Crippen LogP contribution in [0, 0.1) is 6.92 Å². The molecule has 0 bridgehead atoms. The standard InChI is InChI=1S/C62H71BN2/c1-37-26-53-55-54(27-37)65(50-25-22-39(56(2,3)4)28-41(50)38-20-18-17-19-21-38)52-33-47-45(60(11,12)36-62(47,15)16)31-49(52)63(55)48-30-44-46(61(13,14)35-59(44,9)10)32-51(48)64(53)40-23-24-42-43(29-40)58(7,8)34-57(42,5)6/h17-33H,34-36H2,1-16H3. The molecule has 332 valence electrons. The molecule has 0 atom stereocenters. The van der Waals surface area contributed by atoms with Crippen LogP contribution in [0.1, 0.15) is 168 Å². The normalized spacial score (nSPS) is 20.5. The van der Waals surface area contributed by atoms with Crippen molar-refractivity contribution in [1.29, 1.82) is 0 Å². The molecular formula is C62H71BN2. The monoisotopic (exact) mass is 855 g/mol. The highest BCUT2D eigenvalue weighted by atomic mass is 15.2. The minimum atomic E-state index is -0.00164. The lowest BCUT2D eigenvalue weighted by Crippen LogP contribution is -2.62. The molecule has 0 fully saturated rings. The predicted molar refractivity (Wildman–Crippen MR) is 281 cm³/mol. The van der Waals surface area contributed by atoms with Gasteiger partial charge in [-0.1, -0.05) is 158 Å². The van der Waals surface area contributed by atoms with Crippen LogP contribution in [0.25, 0.3) is 11.1 Å². The van der Waals surface area contributed by atoms with Crippen molar-refractivity contribution in [3.05, 3.63) is 148 Å². The van der Waals surface area contributed by atoms with Crippen LogP contribution in [0.4, 0.5) is 34.1 Å². The molecule has 0 spiro atoms. The second-order valence-corrected chi connectivity index (χ2v) is 26.1. The fourth-order valence-electron chi connectivity index (χ4n) is 14.8. The fraction of sp³-hybridized carbons (Fsp3) is 0.419. The molecule has 0 N–H and O–H groups in total. The summed E-state index contributed by atoms with van der Waals surface area (Å²) >= 11 is 0. The molecule has 6 aromatic rings. The Bertz CT molecular complexity index is 3020. The van der Waals surface area contributed by atoms with Crippen molar-refractivity contribution in [2.45, 2.75) is 168 Å². The highest BCUT2D eigenvalue weighted by molar-refractivity contribution is 7.00. The average Bonchev–Trinajstić information content (AvgIpc) is 3.61. The van der Waals surface area contributed by atoms with Crippen LogP contribution in [-0.4, -0.2) is 6.71 Å². The summed E-state index contributed by atoms with van der Waals surface area (Å²) in [6.07, 6.45) is 3.41. The third kappa shape index (κ3) is 6.11. The van der Waals surface area contributed by atoms with E-state index in [9.17, 15) is 0 Å². The molecule has 0 radical (unpaired) electrons. The second-order valence-electron chi connectivity index (χ2n) is 26.1. The molecule has 5 aliphatic rings. The van der Waals surface area contributed by atoms with Gasteiger partial charge in [0, 0.05) is 34.0 Å². The molecule has 11 rings (SSSR count). The van der Waals surface area contributed by atoms with Gasteiger partial charge in [-0.3, -0.25) is 0 Å². The van der Waals surface area contributed by atoms with Crippen LogP contribution < -0.4 is 26.2 Å². The molecule has 2 heterocycles. The highest BCUT2D eigenvalue weighted by Crippen LogP contribution is 2.57. The zero-order valence-electron chi connectivity index (χ0n) is 42.4. The number of fused-ring (bicyclic) bond motifs is 7. The number of hydrogen-bond acceptors (Lipinski definition) is 2. The van der Waals surface area contributed by atoms with Gasteiger partial charge in [0.05, 0.1) is 5.69 Å². The Labute approximate surface area is 392 Å². The van der Waals surface area contributed by atoms with Gasteiger partial charge in [-0.2, -0.15) is 0 Å². The van der Waals surface area contributed by atoms with E-state index in [1.165, 1.54) is 106 Å². The largest absolute Gasteiger partial charge is 0.311 e. The van der Waals surface area contributed by atoms with Gasteiger partial charge in [-0.15, -0.1) is 0 Å². The Morgan fingerprint density at radius 2 is 0.892 bits per heavy atom. The van der Waals surface area contributed by atoms with Gasteiger partial charge >= 0.3 is 0 Å². The van der Waals surface area contributed by atoms with Crippen LogP contribution in [0.15, 0.2) is 103 Å². The number of hydrogen-bond donors (Lipinski definition) is 0. The van der Waals surface area contributed by atoms with Crippen molar-refractivity contribution >= 4 is 57.2 Å². The van der Waals surface area contributed by atoms with Crippen LogP contribution in [0.5, 0.6) is 0 Å². The quantitative estimate of drug-likeness (QED) is 0.163. The molecule has 3 aliphatic carbocycles. The summed E-state index contributed by atoms with van der Waals surface area (Å²) < 4.78 is 0. The first-order chi connectivity index (χ1) is 30.2. The van der Waals surface area contributed by atoms with E-state index in [0.29, 0.717) is 0 Å². The van der Waals surface area contributed by atoms with Gasteiger partial charge in [0.15, 0.2) is 0 Å². The molecule has 0 unspecified atom stereocenters. The summed E-state index contributed by atoms with van der Waals surface area (Å²) in [4.78, 5) is 5.40. The zero-order valence-corrected chi connectivity index (χ0v) is 42.4. The summed E-state index contributed by atoms with van der Waals surface area (Å²) in [6, 6.07) is 41.7. The third-order valence-corrected chi connectivity index (χ3v) is 17.0. The number of aryl methyl sites for hydroxylation is 1. The molecule has 2 nitrogen and oxygen atoms in total. The summed E-state index contributed by atoms with van der Waals surface area (Å²) in [7, 11) is 0. The van der Waals surface area contributed by atoms with E-state index in [-0.39, 0.29) is 44.6 Å². The molecule has 65 heavy (non-hydrogen) atoms. The van der Waals surface area contributed by atoms with Gasteiger partial charge in [-0.05, 0) is 179 Å². The van der Waals surface area contributed by atoms with E-state index < -0.39 is 0 Å². The van der Waals surface area contributed by atoms with E-state index in [4.69, 9.17) is 0 Å². The van der Waals surface area contributed by atoms with Crippen molar-refractivity contribution in [2.75, 3.05) is 9.80 Å². The third-order valence-electron chi connectivity index (χ3n) is 17.0. The van der Waals surface area contributed by atoms with Gasteiger partial charge in [0.2, 0.25) is 0 Å². The predicted octanol–water partition coefficient (Wildman–Crippen LogP) is 14.9. The maximum absolute atomic E-state index is 2.70. The van der Waals surface area contributed by atoms with E-state index in [1.807, 2.05) is 0 Å². The maximum atomic E-state index is 2.70. The van der Waals surface area contributed by atoms with Crippen LogP contribution in [-0.2, 0) is 37.9 Å². The SMILES string of the molecule is Cc1cc2c3c(c1)N(c1ccc(C(C)(C)C)cc1-c1ccccc1)c1cc4c(cc1B3c1cc3c(cc1N2c1ccc2c(c1)C(C)(C)CC2(C)C)C(C)(C)CC3(C)C)C(C)(C)CC4(C)C. The minimum Gasteiger partial charge on any atom is -0.311 e. The number of nitrogens with zero attached hydrogens (tertiary/aromatic N) is 2. The smallest absolute Gasteiger partial charge is 0.252 e. The van der Waals surface area contributed by atoms with Crippen molar-refractivity contribution in [1.82, 2.24) is 0 Å². The van der Waals surface area contributed by atoms with E-state index in [0.717, 1.165) is 19.3 Å². The summed E-state index contributed by atoms with van der Waals surface area (Å²) in [5.74, 6) is 0. The van der Waals surface area contributed by atoms with Gasteiger partial charge < -0.3 is 9.80 Å². The maximum Gasteiger partial charge on any atom is 0.252 e. The first kappa shape index (κ1) is 42.6. The van der Waals surface area contributed by atoms with Crippen LogP contribution in [0.2, 0.25) is 0 Å². The lowest BCUT2D eigenvalue weighted by molar-refractivity contribution is 0.403. The fourth-order valence-corrected chi connectivity index (χ4v) is 14.8. The molecule has 0 saturated heterocycles. The van der Waals surface area contributed by atoms with E-state index >= 15 is 0 Å². The molecule has 3 heteroatoms. The molecular weight excluding hydrogens is 784 g/mol. The number of anilines is 6. The van der Waals surface area contributed by atoms with Crippen LogP contribution in [0.3, 0.4) is 0 Å². The number of rotatable bonds is 3. The summed E-state index contributed by atoms with van der Waals surface area (Å²) in [5, 5.41) is 0. The molecule has 6 aromatic carbocycles. The van der Waals surface area contributed by atoms with Gasteiger partial charge in [0.25, 0.3) is 6.71 Å². The van der Waals surface area contributed by atoms with E-state index in [1.54, 1.807) is 0 Å². The molecule has 0 aromatic heterocycles. The Kier molecular flexibility index (Phi) is 8.60. The van der Waals surface area contributed by atoms with Crippen molar-refractivity contribution in [3.63, 3.8) is 0 Å². The summed E-state index contributed by atoms with van der Waals surface area (Å²) in [6.45, 7) is 39.1. The minimum absolute atomic E-state index is 0.00164. The Morgan fingerprint density at radius 1 is 0.431 bits per heavy atom.